The highest BCUT2D eigenvalue weighted by Gasteiger charge is 2.32. The number of alkyl halides is 3. The van der Waals surface area contributed by atoms with Crippen LogP contribution in [0.3, 0.4) is 0 Å². The van der Waals surface area contributed by atoms with Crippen molar-refractivity contribution in [2.45, 2.75) is 6.36 Å². The van der Waals surface area contributed by atoms with Crippen molar-refractivity contribution in [3.05, 3.63) is 20.6 Å². The zero-order valence-electron chi connectivity index (χ0n) is 6.20. The smallest absolute Gasteiger partial charge is 0.388 e. The van der Waals surface area contributed by atoms with Crippen molar-refractivity contribution in [1.82, 2.24) is 4.98 Å². The Bertz CT molecular complexity index is 333. The Morgan fingerprint density at radius 1 is 1.43 bits per heavy atom. The van der Waals surface area contributed by atoms with Gasteiger partial charge < -0.3 is 4.74 Å². The van der Waals surface area contributed by atoms with Crippen LogP contribution in [0.15, 0.2) is 6.07 Å². The van der Waals surface area contributed by atoms with Crippen LogP contribution < -0.4 is 4.74 Å². The van der Waals surface area contributed by atoms with Crippen molar-refractivity contribution in [3.63, 3.8) is 0 Å². The van der Waals surface area contributed by atoms with Gasteiger partial charge in [-0.1, -0.05) is 11.6 Å². The fourth-order valence-corrected chi connectivity index (χ4v) is 1.07. The summed E-state index contributed by atoms with van der Waals surface area (Å²) in [5.74, 6) is -2.02. The molecule has 1 aromatic rings. The quantitative estimate of drug-likeness (QED) is 0.444. The lowest BCUT2D eigenvalue weighted by atomic mass is 10.5. The molecule has 1 heterocycles. The molecule has 0 unspecified atom stereocenters. The van der Waals surface area contributed by atoms with E-state index in [9.17, 15) is 17.6 Å². The number of aromatic nitrogens is 1. The zero-order valence-corrected chi connectivity index (χ0v) is 9.11. The summed E-state index contributed by atoms with van der Waals surface area (Å²) in [5, 5.41) is -0.183. The maximum atomic E-state index is 12.8. The fraction of sp³-hybridized carbons (Fsp3) is 0.167. The molecule has 0 saturated carbocycles. The van der Waals surface area contributed by atoms with Crippen LogP contribution in [0.1, 0.15) is 0 Å². The van der Waals surface area contributed by atoms with E-state index in [0.29, 0.717) is 0 Å². The molecule has 0 atom stereocenters. The summed E-state index contributed by atoms with van der Waals surface area (Å²) >= 11 is 6.93. The molecule has 0 aliphatic carbocycles. The minimum atomic E-state index is -4.91. The summed E-state index contributed by atoms with van der Waals surface area (Å²) in [6, 6.07) is 0.792. The van der Waals surface area contributed by atoms with E-state index in [1.165, 1.54) is 22.6 Å². The first-order chi connectivity index (χ1) is 6.29. The van der Waals surface area contributed by atoms with Crippen molar-refractivity contribution in [2.24, 2.45) is 0 Å². The van der Waals surface area contributed by atoms with Gasteiger partial charge in [-0.15, -0.1) is 13.2 Å². The number of hydrogen-bond donors (Lipinski definition) is 0. The molecule has 2 nitrogen and oxygen atoms in total. The lowest BCUT2D eigenvalue weighted by molar-refractivity contribution is -0.276. The molecule has 0 bridgehead atoms. The van der Waals surface area contributed by atoms with Gasteiger partial charge >= 0.3 is 6.36 Å². The van der Waals surface area contributed by atoms with E-state index in [4.69, 9.17) is 11.6 Å². The number of halogens is 6. The molecule has 1 aromatic heterocycles. The third-order valence-corrected chi connectivity index (χ3v) is 2.71. The van der Waals surface area contributed by atoms with Gasteiger partial charge in [-0.05, 0) is 22.6 Å². The lowest BCUT2D eigenvalue weighted by Gasteiger charge is -2.08. The zero-order chi connectivity index (χ0) is 10.9. The van der Waals surface area contributed by atoms with Crippen LogP contribution in [0.2, 0.25) is 5.02 Å². The second kappa shape index (κ2) is 4.05. The van der Waals surface area contributed by atoms with Crippen LogP contribution in [-0.4, -0.2) is 11.3 Å². The van der Waals surface area contributed by atoms with Gasteiger partial charge in [0.15, 0.2) is 0 Å². The Balaban J connectivity index is 3.02. The predicted molar refractivity (Wildman–Crippen MR) is 48.6 cm³/mol. The van der Waals surface area contributed by atoms with Gasteiger partial charge in [-0.25, -0.2) is 0 Å². The summed E-state index contributed by atoms with van der Waals surface area (Å²) in [4.78, 5) is 2.92. The topological polar surface area (TPSA) is 22.1 Å². The van der Waals surface area contributed by atoms with Gasteiger partial charge in [0.2, 0.25) is 11.8 Å². The van der Waals surface area contributed by atoms with Crippen LogP contribution in [0.25, 0.3) is 0 Å². The van der Waals surface area contributed by atoms with Crippen molar-refractivity contribution in [3.8, 4) is 5.88 Å². The SMILES string of the molecule is Fc1nc(OC(F)(F)F)cc(Cl)c1I. The summed E-state index contributed by atoms with van der Waals surface area (Å²) in [7, 11) is 0. The molecular weight excluding hydrogens is 340 g/mol. The minimum Gasteiger partial charge on any atom is -0.388 e. The number of rotatable bonds is 1. The van der Waals surface area contributed by atoms with Crippen LogP contribution in [0.5, 0.6) is 5.88 Å². The maximum Gasteiger partial charge on any atom is 0.574 e. The summed E-state index contributed by atoms with van der Waals surface area (Å²) in [6.45, 7) is 0. The molecule has 1 rings (SSSR count). The van der Waals surface area contributed by atoms with Gasteiger partial charge in [0, 0.05) is 6.07 Å². The lowest BCUT2D eigenvalue weighted by Crippen LogP contribution is -2.18. The van der Waals surface area contributed by atoms with Crippen LogP contribution in [-0.2, 0) is 0 Å². The Kier molecular flexibility index (Phi) is 3.40. The summed E-state index contributed by atoms with van der Waals surface area (Å²) in [5.41, 5.74) is 0. The third kappa shape index (κ3) is 3.12. The Morgan fingerprint density at radius 3 is 2.43 bits per heavy atom. The van der Waals surface area contributed by atoms with Crippen molar-refractivity contribution in [2.75, 3.05) is 0 Å². The fourth-order valence-electron chi connectivity index (χ4n) is 0.619. The van der Waals surface area contributed by atoms with Gasteiger partial charge in [0.05, 0.1) is 8.59 Å². The first-order valence-electron chi connectivity index (χ1n) is 3.07. The molecule has 0 N–H and O–H groups in total. The first kappa shape index (κ1) is 11.8. The minimum absolute atomic E-state index is 0.0567. The van der Waals surface area contributed by atoms with Gasteiger partial charge in [0.1, 0.15) is 0 Å². The van der Waals surface area contributed by atoms with Crippen LogP contribution in [0, 0.1) is 9.52 Å². The highest BCUT2D eigenvalue weighted by Crippen LogP contribution is 2.27. The highest BCUT2D eigenvalue weighted by atomic mass is 127. The Labute approximate surface area is 94.4 Å². The molecule has 14 heavy (non-hydrogen) atoms. The molecule has 0 radical (unpaired) electrons. The van der Waals surface area contributed by atoms with Crippen molar-refractivity contribution < 1.29 is 22.3 Å². The molecule has 0 aliphatic heterocycles. The standard InChI is InChI=1S/C6HClF4INO/c7-2-1-3(14-6(9,10)11)13-5(8)4(2)12/h1H. The van der Waals surface area contributed by atoms with E-state index >= 15 is 0 Å². The predicted octanol–water partition coefficient (Wildman–Crippen LogP) is 3.38. The normalized spacial score (nSPS) is 11.6. The van der Waals surface area contributed by atoms with E-state index in [2.05, 4.69) is 9.72 Å². The number of pyridine rings is 1. The largest absolute Gasteiger partial charge is 0.574 e. The summed E-state index contributed by atoms with van der Waals surface area (Å²) in [6.07, 6.45) is -4.91. The average Bonchev–Trinajstić information content (AvgIpc) is 1.96. The number of ether oxygens (including phenoxy) is 1. The molecule has 0 aromatic carbocycles. The van der Waals surface area contributed by atoms with E-state index in [-0.39, 0.29) is 8.59 Å². The molecule has 0 aliphatic rings. The van der Waals surface area contributed by atoms with Crippen molar-refractivity contribution >= 4 is 34.2 Å². The summed E-state index contributed by atoms with van der Waals surface area (Å²) < 4.78 is 51.1. The monoisotopic (exact) mass is 341 g/mol. The van der Waals surface area contributed by atoms with E-state index < -0.39 is 18.2 Å². The number of hydrogen-bond acceptors (Lipinski definition) is 2. The third-order valence-electron chi connectivity index (χ3n) is 1.07. The second-order valence-electron chi connectivity index (χ2n) is 2.09. The highest BCUT2D eigenvalue weighted by molar-refractivity contribution is 14.1. The van der Waals surface area contributed by atoms with Crippen LogP contribution in [0.4, 0.5) is 17.6 Å². The van der Waals surface area contributed by atoms with E-state index in [1.807, 2.05) is 0 Å². The van der Waals surface area contributed by atoms with Gasteiger partial charge in [-0.2, -0.15) is 9.37 Å². The first-order valence-corrected chi connectivity index (χ1v) is 4.52. The number of nitrogens with zero attached hydrogens (tertiary/aromatic N) is 1. The molecule has 8 heteroatoms. The van der Waals surface area contributed by atoms with E-state index in [0.717, 1.165) is 6.07 Å². The van der Waals surface area contributed by atoms with Crippen molar-refractivity contribution in [1.29, 1.82) is 0 Å². The maximum absolute atomic E-state index is 12.8. The molecule has 0 amide bonds. The molecular formula is C6HClF4INO. The molecule has 0 spiro atoms. The molecule has 0 fully saturated rings. The van der Waals surface area contributed by atoms with Gasteiger partial charge in [0.25, 0.3) is 0 Å². The molecule has 0 saturated heterocycles. The Hall–Kier alpha value is -0.310. The van der Waals surface area contributed by atoms with Gasteiger partial charge in [-0.3, -0.25) is 0 Å². The Morgan fingerprint density at radius 2 is 2.00 bits per heavy atom. The average molecular weight is 341 g/mol. The van der Waals surface area contributed by atoms with E-state index in [1.54, 1.807) is 0 Å². The van der Waals surface area contributed by atoms with Crippen LogP contribution >= 0.6 is 34.2 Å². The molecule has 78 valence electrons. The second-order valence-corrected chi connectivity index (χ2v) is 3.58.